The van der Waals surface area contributed by atoms with Crippen LogP contribution in [0.1, 0.15) is 37.9 Å². The highest BCUT2D eigenvalue weighted by atomic mass is 16.5. The van der Waals surface area contributed by atoms with Gasteiger partial charge in [0, 0.05) is 19.2 Å². The van der Waals surface area contributed by atoms with Crippen LogP contribution < -0.4 is 9.47 Å². The fourth-order valence-electron chi connectivity index (χ4n) is 3.71. The van der Waals surface area contributed by atoms with E-state index >= 15 is 0 Å². The van der Waals surface area contributed by atoms with Crippen molar-refractivity contribution in [3.63, 3.8) is 0 Å². The Hall–Kier alpha value is -3.32. The van der Waals surface area contributed by atoms with Gasteiger partial charge >= 0.3 is 0 Å². The van der Waals surface area contributed by atoms with E-state index in [4.69, 9.17) is 14.2 Å². The largest absolute Gasteiger partial charge is 0.507 e. The second-order valence-electron chi connectivity index (χ2n) is 7.66. The monoisotopic (exact) mass is 439 g/mol. The molecule has 0 aromatic heterocycles. The molecule has 0 spiro atoms. The van der Waals surface area contributed by atoms with E-state index < -0.39 is 17.7 Å². The molecule has 0 bridgehead atoms. The van der Waals surface area contributed by atoms with Gasteiger partial charge in [0.2, 0.25) is 0 Å². The van der Waals surface area contributed by atoms with Crippen molar-refractivity contribution >= 4 is 17.4 Å². The first kappa shape index (κ1) is 23.3. The van der Waals surface area contributed by atoms with Gasteiger partial charge in [-0.1, -0.05) is 36.4 Å². The zero-order valence-electron chi connectivity index (χ0n) is 18.8. The molecule has 1 N–H and O–H groups in total. The number of aliphatic hydroxyl groups excluding tert-OH is 1. The Labute approximate surface area is 188 Å². The van der Waals surface area contributed by atoms with Crippen molar-refractivity contribution in [2.24, 2.45) is 0 Å². The minimum Gasteiger partial charge on any atom is -0.507 e. The number of hydrogen-bond acceptors (Lipinski definition) is 6. The summed E-state index contributed by atoms with van der Waals surface area (Å²) in [5, 5.41) is 11.0. The number of carbonyl (C=O) groups excluding carboxylic acids is 2. The van der Waals surface area contributed by atoms with Crippen LogP contribution in [0.15, 0.2) is 54.1 Å². The zero-order valence-corrected chi connectivity index (χ0v) is 18.8. The van der Waals surface area contributed by atoms with Gasteiger partial charge < -0.3 is 24.2 Å². The number of hydrogen-bond donors (Lipinski definition) is 1. The number of carbonyl (C=O) groups is 2. The number of ketones is 1. The number of benzene rings is 2. The van der Waals surface area contributed by atoms with Crippen LogP contribution in [0.4, 0.5) is 0 Å². The molecule has 2 aromatic carbocycles. The van der Waals surface area contributed by atoms with Crippen molar-refractivity contribution in [3.8, 4) is 11.5 Å². The highest BCUT2D eigenvalue weighted by Gasteiger charge is 2.46. The first-order chi connectivity index (χ1) is 15.4. The lowest BCUT2D eigenvalue weighted by molar-refractivity contribution is -0.140. The Bertz CT molecular complexity index is 999. The van der Waals surface area contributed by atoms with Crippen LogP contribution in [0.5, 0.6) is 11.5 Å². The molecule has 1 saturated heterocycles. The third-order valence-electron chi connectivity index (χ3n) is 5.07. The smallest absolute Gasteiger partial charge is 0.295 e. The third-order valence-corrected chi connectivity index (χ3v) is 5.07. The zero-order chi connectivity index (χ0) is 23.3. The van der Waals surface area contributed by atoms with E-state index in [0.29, 0.717) is 29.2 Å². The molecule has 1 aliphatic rings. The fourth-order valence-corrected chi connectivity index (χ4v) is 3.71. The van der Waals surface area contributed by atoms with Gasteiger partial charge in [-0.25, -0.2) is 0 Å². The molecule has 0 saturated carbocycles. The van der Waals surface area contributed by atoms with Crippen molar-refractivity contribution in [3.05, 3.63) is 65.2 Å². The molecular weight excluding hydrogens is 410 g/mol. The van der Waals surface area contributed by atoms with Gasteiger partial charge in [0.05, 0.1) is 30.9 Å². The Kier molecular flexibility index (Phi) is 7.53. The van der Waals surface area contributed by atoms with Crippen LogP contribution in [0, 0.1) is 0 Å². The summed E-state index contributed by atoms with van der Waals surface area (Å²) < 4.78 is 16.8. The average molecular weight is 440 g/mol. The van der Waals surface area contributed by atoms with E-state index in [-0.39, 0.29) is 30.6 Å². The molecule has 32 heavy (non-hydrogen) atoms. The summed E-state index contributed by atoms with van der Waals surface area (Å²) in [5.74, 6) is -0.537. The van der Waals surface area contributed by atoms with Crippen molar-refractivity contribution in [1.29, 1.82) is 0 Å². The Balaban J connectivity index is 2.16. The first-order valence-corrected chi connectivity index (χ1v) is 10.6. The van der Waals surface area contributed by atoms with Crippen LogP contribution in [0.2, 0.25) is 0 Å². The number of Topliss-reactive ketones (excluding diaryl/α,β-unsaturated/α-hetero) is 1. The second kappa shape index (κ2) is 10.3. The predicted molar refractivity (Wildman–Crippen MR) is 121 cm³/mol. The van der Waals surface area contributed by atoms with E-state index in [1.807, 2.05) is 26.8 Å². The molecule has 2 aromatic rings. The SMILES string of the molecule is CCOc1cc(C2/C(=C(/O)c3ccccc3)C(=O)C(=O)N2CCOC)ccc1OC(C)C. The summed E-state index contributed by atoms with van der Waals surface area (Å²) in [6.07, 6.45) is -0.0505. The van der Waals surface area contributed by atoms with E-state index in [9.17, 15) is 14.7 Å². The molecule has 1 fully saturated rings. The summed E-state index contributed by atoms with van der Waals surface area (Å²) in [6.45, 7) is 6.58. The van der Waals surface area contributed by atoms with Crippen LogP contribution >= 0.6 is 0 Å². The van der Waals surface area contributed by atoms with Crippen molar-refractivity contribution in [2.45, 2.75) is 32.9 Å². The number of rotatable bonds is 9. The second-order valence-corrected chi connectivity index (χ2v) is 7.66. The maximum atomic E-state index is 13.0. The van der Waals surface area contributed by atoms with Gasteiger partial charge in [0.1, 0.15) is 5.76 Å². The summed E-state index contributed by atoms with van der Waals surface area (Å²) in [4.78, 5) is 27.3. The number of nitrogens with zero attached hydrogens (tertiary/aromatic N) is 1. The van der Waals surface area contributed by atoms with Gasteiger partial charge in [-0.15, -0.1) is 0 Å². The lowest BCUT2D eigenvalue weighted by Crippen LogP contribution is -2.32. The molecule has 1 amide bonds. The molecule has 0 aliphatic carbocycles. The Morgan fingerprint density at radius 2 is 1.81 bits per heavy atom. The van der Waals surface area contributed by atoms with Crippen molar-refractivity contribution in [1.82, 2.24) is 4.90 Å². The van der Waals surface area contributed by atoms with Crippen LogP contribution in [0.3, 0.4) is 0 Å². The quantitative estimate of drug-likeness (QED) is 0.362. The molecule has 170 valence electrons. The van der Waals surface area contributed by atoms with E-state index in [0.717, 1.165) is 0 Å². The minimum absolute atomic E-state index is 0.0391. The first-order valence-electron chi connectivity index (χ1n) is 10.6. The van der Waals surface area contributed by atoms with Gasteiger partial charge in [-0.3, -0.25) is 9.59 Å². The van der Waals surface area contributed by atoms with E-state index in [1.54, 1.807) is 42.5 Å². The normalized spacial score (nSPS) is 17.8. The molecule has 7 heteroatoms. The Morgan fingerprint density at radius 1 is 1.09 bits per heavy atom. The van der Waals surface area contributed by atoms with E-state index in [2.05, 4.69) is 0 Å². The van der Waals surface area contributed by atoms with Crippen molar-refractivity contribution < 1.29 is 28.9 Å². The summed E-state index contributed by atoms with van der Waals surface area (Å²) in [7, 11) is 1.53. The molecular formula is C25H29NO6. The number of ether oxygens (including phenoxy) is 3. The topological polar surface area (TPSA) is 85.3 Å². The molecule has 1 atom stereocenters. The third kappa shape index (κ3) is 4.78. The molecule has 1 heterocycles. The van der Waals surface area contributed by atoms with E-state index in [1.165, 1.54) is 12.0 Å². The molecule has 7 nitrogen and oxygen atoms in total. The lowest BCUT2D eigenvalue weighted by atomic mass is 9.95. The van der Waals surface area contributed by atoms with Crippen molar-refractivity contribution in [2.75, 3.05) is 26.9 Å². The predicted octanol–water partition coefficient (Wildman–Crippen LogP) is 3.94. The Morgan fingerprint density at radius 3 is 2.44 bits per heavy atom. The minimum atomic E-state index is -0.780. The van der Waals surface area contributed by atoms with Crippen LogP contribution in [-0.2, 0) is 14.3 Å². The average Bonchev–Trinajstić information content (AvgIpc) is 3.03. The summed E-state index contributed by atoms with van der Waals surface area (Å²) in [5.41, 5.74) is 1.14. The summed E-state index contributed by atoms with van der Waals surface area (Å²) in [6, 6.07) is 13.3. The number of likely N-dealkylation sites (tertiary alicyclic amines) is 1. The maximum Gasteiger partial charge on any atom is 0.295 e. The van der Waals surface area contributed by atoms with Gasteiger partial charge in [-0.05, 0) is 38.5 Å². The van der Waals surface area contributed by atoms with Gasteiger partial charge in [0.25, 0.3) is 11.7 Å². The lowest BCUT2D eigenvalue weighted by Gasteiger charge is -2.26. The number of aliphatic hydroxyl groups is 1. The molecule has 1 unspecified atom stereocenters. The standard InChI is InChI=1S/C25H29NO6/c1-5-31-20-15-18(11-12-19(20)32-16(2)3)22-21(23(27)17-9-7-6-8-10-17)24(28)25(29)26(22)13-14-30-4/h6-12,15-16,22,27H,5,13-14H2,1-4H3/b23-21-. The number of methoxy groups -OCH3 is 1. The van der Waals surface area contributed by atoms with Gasteiger partial charge in [-0.2, -0.15) is 0 Å². The van der Waals surface area contributed by atoms with Crippen LogP contribution in [-0.4, -0.2) is 54.7 Å². The van der Waals surface area contributed by atoms with Gasteiger partial charge in [0.15, 0.2) is 11.5 Å². The highest BCUT2D eigenvalue weighted by molar-refractivity contribution is 6.46. The molecule has 3 rings (SSSR count). The van der Waals surface area contributed by atoms with Crippen LogP contribution in [0.25, 0.3) is 5.76 Å². The fraction of sp³-hybridized carbons (Fsp3) is 0.360. The number of amides is 1. The molecule has 1 aliphatic heterocycles. The molecule has 0 radical (unpaired) electrons. The highest BCUT2D eigenvalue weighted by Crippen LogP contribution is 2.42. The maximum absolute atomic E-state index is 13.0. The summed E-state index contributed by atoms with van der Waals surface area (Å²) >= 11 is 0.